The van der Waals surface area contributed by atoms with Gasteiger partial charge >= 0.3 is 6.01 Å². The molecular weight excluding hydrogens is 396 g/mol. The van der Waals surface area contributed by atoms with Crippen LogP contribution in [0.1, 0.15) is 23.8 Å². The topological polar surface area (TPSA) is 60.4 Å². The number of benzene rings is 1. The molecule has 0 saturated carbocycles. The number of halogens is 1. The molecule has 8 heteroatoms. The molecule has 0 N–H and O–H groups in total. The van der Waals surface area contributed by atoms with E-state index in [1.54, 1.807) is 31.8 Å². The fourth-order valence-corrected chi connectivity index (χ4v) is 4.66. The van der Waals surface area contributed by atoms with Crippen LogP contribution in [0.15, 0.2) is 35.8 Å². The lowest BCUT2D eigenvalue weighted by Crippen LogP contribution is -2.33. The molecule has 6 nitrogen and oxygen atoms in total. The third-order valence-corrected chi connectivity index (χ3v) is 6.21. The summed E-state index contributed by atoms with van der Waals surface area (Å²) in [6.45, 7) is 1.74. The quantitative estimate of drug-likeness (QED) is 0.603. The van der Waals surface area contributed by atoms with E-state index in [-0.39, 0.29) is 0 Å². The number of aromatic nitrogens is 3. The van der Waals surface area contributed by atoms with Crippen LogP contribution in [0.2, 0.25) is 5.02 Å². The van der Waals surface area contributed by atoms with Crippen molar-refractivity contribution in [3.8, 4) is 23.0 Å². The van der Waals surface area contributed by atoms with E-state index in [0.29, 0.717) is 17.0 Å². The lowest BCUT2D eigenvalue weighted by atomic mass is 9.97. The Morgan fingerprint density at radius 1 is 1.11 bits per heavy atom. The van der Waals surface area contributed by atoms with Crippen LogP contribution in [0.3, 0.4) is 0 Å². The van der Waals surface area contributed by atoms with Gasteiger partial charge < -0.3 is 14.4 Å². The minimum absolute atomic E-state index is 0.336. The predicted molar refractivity (Wildman–Crippen MR) is 112 cm³/mol. The Balaban J connectivity index is 1.47. The zero-order valence-corrected chi connectivity index (χ0v) is 17.3. The third-order valence-electron chi connectivity index (χ3n) is 4.93. The summed E-state index contributed by atoms with van der Waals surface area (Å²) in [7, 11) is 3.25. The molecule has 0 bridgehead atoms. The van der Waals surface area contributed by atoms with Gasteiger partial charge in [-0.15, -0.1) is 11.3 Å². The summed E-state index contributed by atoms with van der Waals surface area (Å²) in [6, 6.07) is 8.33. The van der Waals surface area contributed by atoms with Crippen LogP contribution in [0, 0.1) is 0 Å². The third kappa shape index (κ3) is 3.77. The summed E-state index contributed by atoms with van der Waals surface area (Å²) < 4.78 is 10.6. The van der Waals surface area contributed by atoms with Crippen molar-refractivity contribution in [2.45, 2.75) is 18.8 Å². The molecule has 1 fully saturated rings. The lowest BCUT2D eigenvalue weighted by Gasteiger charge is -2.32. The SMILES string of the molecule is COc1ncc(Cl)c(N2CCC(c3nc(-c4ccccc4OC)cs3)CC2)n1. The van der Waals surface area contributed by atoms with Crippen molar-refractivity contribution in [2.24, 2.45) is 0 Å². The normalized spacial score (nSPS) is 14.9. The molecule has 3 aromatic rings. The number of thiazole rings is 1. The molecule has 0 atom stereocenters. The molecule has 0 amide bonds. The first-order valence-electron chi connectivity index (χ1n) is 9.10. The highest BCUT2D eigenvalue weighted by Gasteiger charge is 2.26. The maximum Gasteiger partial charge on any atom is 0.318 e. The van der Waals surface area contributed by atoms with Gasteiger partial charge in [-0.05, 0) is 25.0 Å². The average Bonchev–Trinajstić information content (AvgIpc) is 3.24. The number of ether oxygens (including phenoxy) is 2. The van der Waals surface area contributed by atoms with Gasteiger partial charge in [0.05, 0.1) is 31.1 Å². The van der Waals surface area contributed by atoms with E-state index in [2.05, 4.69) is 20.2 Å². The van der Waals surface area contributed by atoms with E-state index in [9.17, 15) is 0 Å². The molecule has 1 saturated heterocycles. The molecule has 3 heterocycles. The van der Waals surface area contributed by atoms with Gasteiger partial charge in [0.25, 0.3) is 0 Å². The van der Waals surface area contributed by atoms with Crippen LogP contribution in [0.5, 0.6) is 11.8 Å². The molecule has 0 radical (unpaired) electrons. The summed E-state index contributed by atoms with van der Waals surface area (Å²) >= 11 is 8.01. The van der Waals surface area contributed by atoms with Crippen molar-refractivity contribution in [3.05, 3.63) is 45.9 Å². The molecule has 1 aliphatic rings. The van der Waals surface area contributed by atoms with Gasteiger partial charge in [0, 0.05) is 30.0 Å². The Morgan fingerprint density at radius 2 is 1.89 bits per heavy atom. The Labute approximate surface area is 173 Å². The van der Waals surface area contributed by atoms with E-state index in [1.807, 2.05) is 24.3 Å². The fraction of sp³-hybridized carbons (Fsp3) is 0.350. The number of anilines is 1. The second-order valence-corrected chi connectivity index (χ2v) is 7.86. The maximum absolute atomic E-state index is 6.30. The van der Waals surface area contributed by atoms with E-state index < -0.39 is 0 Å². The number of methoxy groups -OCH3 is 2. The molecule has 0 aliphatic carbocycles. The van der Waals surface area contributed by atoms with E-state index in [1.165, 1.54) is 5.01 Å². The second-order valence-electron chi connectivity index (χ2n) is 6.56. The lowest BCUT2D eigenvalue weighted by molar-refractivity contribution is 0.379. The van der Waals surface area contributed by atoms with Gasteiger partial charge in [-0.2, -0.15) is 4.98 Å². The van der Waals surface area contributed by atoms with Crippen LogP contribution >= 0.6 is 22.9 Å². The van der Waals surface area contributed by atoms with E-state index in [0.717, 1.165) is 48.8 Å². The zero-order chi connectivity index (χ0) is 19.5. The monoisotopic (exact) mass is 416 g/mol. The zero-order valence-electron chi connectivity index (χ0n) is 15.8. The molecule has 2 aromatic heterocycles. The number of hydrogen-bond donors (Lipinski definition) is 0. The summed E-state index contributed by atoms with van der Waals surface area (Å²) in [6.07, 6.45) is 3.60. The largest absolute Gasteiger partial charge is 0.496 e. The summed E-state index contributed by atoms with van der Waals surface area (Å²) in [5, 5.41) is 3.84. The first-order chi connectivity index (χ1) is 13.7. The van der Waals surface area contributed by atoms with Gasteiger partial charge in [0.15, 0.2) is 5.82 Å². The number of piperidine rings is 1. The highest BCUT2D eigenvalue weighted by atomic mass is 35.5. The summed E-state index contributed by atoms with van der Waals surface area (Å²) in [5.41, 5.74) is 2.01. The van der Waals surface area contributed by atoms with Crippen LogP contribution in [0.25, 0.3) is 11.3 Å². The van der Waals surface area contributed by atoms with Crippen molar-refractivity contribution in [1.82, 2.24) is 15.0 Å². The number of hydrogen-bond acceptors (Lipinski definition) is 7. The number of nitrogens with zero attached hydrogens (tertiary/aromatic N) is 4. The van der Waals surface area contributed by atoms with Gasteiger partial charge in [-0.3, -0.25) is 0 Å². The smallest absolute Gasteiger partial charge is 0.318 e. The molecule has 4 rings (SSSR count). The van der Waals surface area contributed by atoms with Crippen molar-refractivity contribution < 1.29 is 9.47 Å². The number of para-hydroxylation sites is 1. The highest BCUT2D eigenvalue weighted by molar-refractivity contribution is 7.10. The molecule has 0 spiro atoms. The van der Waals surface area contributed by atoms with E-state index in [4.69, 9.17) is 26.1 Å². The van der Waals surface area contributed by atoms with Crippen molar-refractivity contribution in [3.63, 3.8) is 0 Å². The Bertz CT molecular complexity index is 957. The maximum atomic E-state index is 6.30. The van der Waals surface area contributed by atoms with Gasteiger partial charge in [-0.1, -0.05) is 23.7 Å². The minimum Gasteiger partial charge on any atom is -0.496 e. The van der Waals surface area contributed by atoms with Crippen molar-refractivity contribution >= 4 is 28.8 Å². The van der Waals surface area contributed by atoms with Gasteiger partial charge in [-0.25, -0.2) is 9.97 Å². The molecule has 1 aromatic carbocycles. The van der Waals surface area contributed by atoms with Gasteiger partial charge in [0.1, 0.15) is 10.8 Å². The van der Waals surface area contributed by atoms with Gasteiger partial charge in [0.2, 0.25) is 0 Å². The second kappa shape index (κ2) is 8.32. The first-order valence-corrected chi connectivity index (χ1v) is 10.4. The van der Waals surface area contributed by atoms with Crippen LogP contribution in [0.4, 0.5) is 5.82 Å². The predicted octanol–water partition coefficient (Wildman–Crippen LogP) is 4.65. The van der Waals surface area contributed by atoms with Crippen molar-refractivity contribution in [1.29, 1.82) is 0 Å². The summed E-state index contributed by atoms with van der Waals surface area (Å²) in [5.74, 6) is 2.02. The van der Waals surface area contributed by atoms with Crippen LogP contribution in [-0.2, 0) is 0 Å². The Morgan fingerprint density at radius 3 is 2.64 bits per heavy atom. The molecule has 0 unspecified atom stereocenters. The molecule has 146 valence electrons. The molecule has 1 aliphatic heterocycles. The van der Waals surface area contributed by atoms with Crippen LogP contribution < -0.4 is 14.4 Å². The Kier molecular flexibility index (Phi) is 5.64. The fourth-order valence-electron chi connectivity index (χ4n) is 3.46. The standard InChI is InChI=1S/C20H21ClN4O2S/c1-26-17-6-4-3-5-14(17)16-12-28-19(23-16)13-7-9-25(10-8-13)18-15(21)11-22-20(24-18)27-2/h3-6,11-13H,7-10H2,1-2H3. The first kappa shape index (κ1) is 19.0. The average molecular weight is 417 g/mol. The Hall–Kier alpha value is -2.38. The summed E-state index contributed by atoms with van der Waals surface area (Å²) in [4.78, 5) is 15.6. The van der Waals surface area contributed by atoms with Crippen molar-refractivity contribution in [2.75, 3.05) is 32.2 Å². The van der Waals surface area contributed by atoms with Crippen LogP contribution in [-0.4, -0.2) is 42.3 Å². The highest BCUT2D eigenvalue weighted by Crippen LogP contribution is 2.37. The molecular formula is C20H21ClN4O2S. The minimum atomic E-state index is 0.336. The number of rotatable bonds is 5. The molecule has 28 heavy (non-hydrogen) atoms. The van der Waals surface area contributed by atoms with E-state index >= 15 is 0 Å².